The van der Waals surface area contributed by atoms with Gasteiger partial charge in [-0.15, -0.1) is 10.2 Å². The van der Waals surface area contributed by atoms with E-state index in [0.717, 1.165) is 5.69 Å². The third kappa shape index (κ3) is 5.86. The summed E-state index contributed by atoms with van der Waals surface area (Å²) in [6, 6.07) is 20.4. The molecule has 1 N–H and O–H groups in total. The number of aromatic nitrogens is 3. The van der Waals surface area contributed by atoms with Crippen LogP contribution in [-0.4, -0.2) is 33.5 Å². The second-order valence-corrected chi connectivity index (χ2v) is 8.37. The fourth-order valence-corrected chi connectivity index (χ4v) is 3.93. The van der Waals surface area contributed by atoms with Gasteiger partial charge < -0.3 is 14.8 Å². The summed E-state index contributed by atoms with van der Waals surface area (Å²) in [6.45, 7) is 0.142. The summed E-state index contributed by atoms with van der Waals surface area (Å²) in [5.74, 6) is 1.03. The molecule has 0 saturated heterocycles. The molecule has 174 valence electrons. The van der Waals surface area contributed by atoms with Crippen LogP contribution in [0.2, 0.25) is 5.02 Å². The van der Waals surface area contributed by atoms with Crippen molar-refractivity contribution in [1.82, 2.24) is 14.8 Å². The van der Waals surface area contributed by atoms with Crippen LogP contribution in [-0.2, 0) is 11.4 Å². The number of amides is 1. The Balaban J connectivity index is 1.52. The zero-order valence-electron chi connectivity index (χ0n) is 18.1. The van der Waals surface area contributed by atoms with Crippen LogP contribution in [0.15, 0.2) is 78.0 Å². The van der Waals surface area contributed by atoms with Crippen molar-refractivity contribution >= 4 is 35.0 Å². The van der Waals surface area contributed by atoms with Gasteiger partial charge in [0.05, 0.1) is 18.6 Å². The first-order valence-electron chi connectivity index (χ1n) is 10.2. The highest BCUT2D eigenvalue weighted by Crippen LogP contribution is 2.25. The van der Waals surface area contributed by atoms with E-state index in [9.17, 15) is 9.18 Å². The van der Waals surface area contributed by atoms with Gasteiger partial charge in [-0.3, -0.25) is 9.36 Å². The van der Waals surface area contributed by atoms with Gasteiger partial charge in [0.15, 0.2) is 11.0 Å². The van der Waals surface area contributed by atoms with Gasteiger partial charge in [-0.2, -0.15) is 0 Å². The van der Waals surface area contributed by atoms with E-state index in [-0.39, 0.29) is 24.0 Å². The average Bonchev–Trinajstić information content (AvgIpc) is 3.26. The maximum absolute atomic E-state index is 13.8. The Bertz CT molecular complexity index is 1270. The molecule has 0 aliphatic heterocycles. The second-order valence-electron chi connectivity index (χ2n) is 6.99. The molecule has 4 rings (SSSR count). The maximum atomic E-state index is 13.8. The van der Waals surface area contributed by atoms with E-state index >= 15 is 0 Å². The number of anilines is 1. The third-order valence-corrected chi connectivity index (χ3v) is 5.87. The topological polar surface area (TPSA) is 78.3 Å². The van der Waals surface area contributed by atoms with Crippen LogP contribution in [0.5, 0.6) is 11.5 Å². The van der Waals surface area contributed by atoms with Gasteiger partial charge in [0.1, 0.15) is 23.9 Å². The van der Waals surface area contributed by atoms with E-state index in [0.29, 0.717) is 27.5 Å². The highest BCUT2D eigenvalue weighted by molar-refractivity contribution is 7.99. The lowest BCUT2D eigenvalue weighted by Crippen LogP contribution is -2.15. The van der Waals surface area contributed by atoms with E-state index in [4.69, 9.17) is 21.1 Å². The molecule has 1 heterocycles. The fourth-order valence-electron chi connectivity index (χ4n) is 3.04. The van der Waals surface area contributed by atoms with E-state index < -0.39 is 5.82 Å². The molecule has 0 aliphatic rings. The first kappa shape index (κ1) is 23.6. The standard InChI is InChI=1S/C24H20ClFN4O3S/c1-32-18-12-8-17(9-13-18)30-22(14-33-19-10-6-16(25)7-11-19)28-29-24(30)34-15-23(31)27-21-5-3-2-4-20(21)26/h2-13H,14-15H2,1H3,(H,27,31). The van der Waals surface area contributed by atoms with Gasteiger partial charge in [0.2, 0.25) is 5.91 Å². The number of carbonyl (C=O) groups is 1. The van der Waals surface area contributed by atoms with Gasteiger partial charge in [0, 0.05) is 10.7 Å². The predicted molar refractivity (Wildman–Crippen MR) is 129 cm³/mol. The molecule has 4 aromatic rings. The monoisotopic (exact) mass is 498 g/mol. The molecular weight excluding hydrogens is 479 g/mol. The molecule has 0 saturated carbocycles. The van der Waals surface area contributed by atoms with Crippen LogP contribution < -0.4 is 14.8 Å². The van der Waals surface area contributed by atoms with Gasteiger partial charge in [0.25, 0.3) is 0 Å². The van der Waals surface area contributed by atoms with Crippen LogP contribution in [0.1, 0.15) is 5.82 Å². The molecule has 1 aromatic heterocycles. The molecule has 1 amide bonds. The Morgan fingerprint density at radius 3 is 2.44 bits per heavy atom. The first-order chi connectivity index (χ1) is 16.5. The van der Waals surface area contributed by atoms with Gasteiger partial charge >= 0.3 is 0 Å². The highest BCUT2D eigenvalue weighted by atomic mass is 35.5. The Hall–Kier alpha value is -3.56. The van der Waals surface area contributed by atoms with Crippen molar-refractivity contribution < 1.29 is 18.7 Å². The minimum atomic E-state index is -0.496. The number of thioether (sulfide) groups is 1. The summed E-state index contributed by atoms with van der Waals surface area (Å²) >= 11 is 7.11. The van der Waals surface area contributed by atoms with Gasteiger partial charge in [-0.1, -0.05) is 35.5 Å². The van der Waals surface area contributed by atoms with E-state index in [2.05, 4.69) is 15.5 Å². The second kappa shape index (κ2) is 11.0. The summed E-state index contributed by atoms with van der Waals surface area (Å²) < 4.78 is 26.7. The maximum Gasteiger partial charge on any atom is 0.234 e. The molecule has 3 aromatic carbocycles. The Morgan fingerprint density at radius 1 is 1.03 bits per heavy atom. The number of benzene rings is 3. The highest BCUT2D eigenvalue weighted by Gasteiger charge is 2.17. The molecule has 0 fully saturated rings. The predicted octanol–water partition coefficient (Wildman–Crippen LogP) is 5.38. The number of nitrogens with one attached hydrogen (secondary N) is 1. The molecule has 0 atom stereocenters. The average molecular weight is 499 g/mol. The van der Waals surface area contributed by atoms with Crippen molar-refractivity contribution in [2.75, 3.05) is 18.2 Å². The summed E-state index contributed by atoms with van der Waals surface area (Å²) in [5, 5.41) is 12.2. The number of methoxy groups -OCH3 is 1. The van der Waals surface area contributed by atoms with Crippen LogP contribution in [0, 0.1) is 5.82 Å². The number of hydrogen-bond acceptors (Lipinski definition) is 6. The molecular formula is C24H20ClFN4O3S. The third-order valence-electron chi connectivity index (χ3n) is 4.69. The van der Waals surface area contributed by atoms with Crippen molar-refractivity contribution in [2.45, 2.75) is 11.8 Å². The molecule has 0 spiro atoms. The molecule has 10 heteroatoms. The first-order valence-corrected chi connectivity index (χ1v) is 11.5. The summed E-state index contributed by atoms with van der Waals surface area (Å²) in [5.41, 5.74) is 0.902. The molecule has 7 nitrogen and oxygen atoms in total. The van der Waals surface area contributed by atoms with Crippen LogP contribution in [0.4, 0.5) is 10.1 Å². The van der Waals surface area contributed by atoms with Crippen LogP contribution >= 0.6 is 23.4 Å². The summed E-state index contributed by atoms with van der Waals surface area (Å²) in [4.78, 5) is 12.4. The number of para-hydroxylation sites is 1. The van der Waals surface area contributed by atoms with Gasteiger partial charge in [-0.05, 0) is 60.7 Å². The number of carbonyl (C=O) groups excluding carboxylic acids is 1. The molecule has 0 bridgehead atoms. The van der Waals surface area contributed by atoms with Crippen molar-refractivity contribution in [1.29, 1.82) is 0 Å². The van der Waals surface area contributed by atoms with E-state index in [1.807, 2.05) is 24.3 Å². The van der Waals surface area contributed by atoms with E-state index in [1.165, 1.54) is 23.9 Å². The SMILES string of the molecule is COc1ccc(-n2c(COc3ccc(Cl)cc3)nnc2SCC(=O)Nc2ccccc2F)cc1. The minimum Gasteiger partial charge on any atom is -0.497 e. The molecule has 0 aliphatic carbocycles. The van der Waals surface area contributed by atoms with Crippen molar-refractivity contribution in [3.05, 3.63) is 89.5 Å². The van der Waals surface area contributed by atoms with Crippen LogP contribution in [0.25, 0.3) is 5.69 Å². The smallest absolute Gasteiger partial charge is 0.234 e. The lowest BCUT2D eigenvalue weighted by atomic mass is 10.3. The zero-order chi connectivity index (χ0) is 23.9. The Morgan fingerprint density at radius 2 is 1.74 bits per heavy atom. The van der Waals surface area contributed by atoms with Crippen molar-refractivity contribution in [2.24, 2.45) is 0 Å². The lowest BCUT2D eigenvalue weighted by Gasteiger charge is -2.12. The van der Waals surface area contributed by atoms with Gasteiger partial charge in [-0.25, -0.2) is 4.39 Å². The number of halogens is 2. The molecule has 0 radical (unpaired) electrons. The lowest BCUT2D eigenvalue weighted by molar-refractivity contribution is -0.113. The Kier molecular flexibility index (Phi) is 7.66. The number of ether oxygens (including phenoxy) is 2. The molecule has 0 unspecified atom stereocenters. The quantitative estimate of drug-likeness (QED) is 0.312. The summed E-state index contributed by atoms with van der Waals surface area (Å²) in [7, 11) is 1.59. The minimum absolute atomic E-state index is 0.0145. The molecule has 34 heavy (non-hydrogen) atoms. The number of nitrogens with zero attached hydrogens (tertiary/aromatic N) is 3. The largest absolute Gasteiger partial charge is 0.497 e. The number of rotatable bonds is 9. The number of hydrogen-bond donors (Lipinski definition) is 1. The van der Waals surface area contributed by atoms with Crippen molar-refractivity contribution in [3.8, 4) is 17.2 Å². The van der Waals surface area contributed by atoms with E-state index in [1.54, 1.807) is 48.1 Å². The fraction of sp³-hybridized carbons (Fsp3) is 0.125. The Labute approximate surface area is 204 Å². The van der Waals surface area contributed by atoms with Crippen LogP contribution in [0.3, 0.4) is 0 Å². The summed E-state index contributed by atoms with van der Waals surface area (Å²) in [6.07, 6.45) is 0. The van der Waals surface area contributed by atoms with Crippen molar-refractivity contribution in [3.63, 3.8) is 0 Å². The normalized spacial score (nSPS) is 10.7. The zero-order valence-corrected chi connectivity index (χ0v) is 19.6.